The molecule has 3 rings (SSSR count). The monoisotopic (exact) mass is 445 g/mol. The van der Waals surface area contributed by atoms with Crippen molar-refractivity contribution in [2.45, 2.75) is 12.6 Å². The lowest BCUT2D eigenvalue weighted by Gasteiger charge is -2.16. The summed E-state index contributed by atoms with van der Waals surface area (Å²) in [5, 5.41) is 7.06. The average Bonchev–Trinajstić information content (AvgIpc) is 2.76. The first-order valence-electron chi connectivity index (χ1n) is 9.59. The Hall–Kier alpha value is -3.88. The predicted octanol–water partition coefficient (Wildman–Crippen LogP) is 5.46. The molecule has 3 aromatic carbocycles. The lowest BCUT2D eigenvalue weighted by molar-refractivity contribution is -0.136. The van der Waals surface area contributed by atoms with Gasteiger partial charge in [0.2, 0.25) is 0 Å². The summed E-state index contributed by atoms with van der Waals surface area (Å²) in [6.45, 7) is 0.143. The Bertz CT molecular complexity index is 1080. The van der Waals surface area contributed by atoms with E-state index in [1.807, 2.05) is 0 Å². The number of urea groups is 1. The van der Waals surface area contributed by atoms with Gasteiger partial charge in [0.15, 0.2) is 0 Å². The number of hydrogen-bond acceptors (Lipinski definition) is 2. The van der Waals surface area contributed by atoms with Crippen molar-refractivity contribution in [1.82, 2.24) is 5.32 Å². The Morgan fingerprint density at radius 2 is 1.53 bits per heavy atom. The van der Waals surface area contributed by atoms with Gasteiger partial charge < -0.3 is 16.0 Å². The largest absolute Gasteiger partial charge is 0.418 e. The SMILES string of the molecule is O=C(NCCc1ccc(F)cc1)Nc1ccc(NC(=O)c2ccccc2)cc1C(F)(F)F. The van der Waals surface area contributed by atoms with Crippen LogP contribution in [-0.2, 0) is 12.6 Å². The number of benzene rings is 3. The van der Waals surface area contributed by atoms with E-state index in [0.717, 1.165) is 17.7 Å². The summed E-state index contributed by atoms with van der Waals surface area (Å²) in [4.78, 5) is 24.3. The summed E-state index contributed by atoms with van der Waals surface area (Å²) in [7, 11) is 0. The fourth-order valence-electron chi connectivity index (χ4n) is 2.90. The Balaban J connectivity index is 1.65. The molecule has 0 atom stereocenters. The minimum absolute atomic E-state index is 0.0616. The van der Waals surface area contributed by atoms with Crippen molar-refractivity contribution < 1.29 is 27.2 Å². The summed E-state index contributed by atoms with van der Waals surface area (Å²) in [6.07, 6.45) is -4.38. The maximum absolute atomic E-state index is 13.5. The van der Waals surface area contributed by atoms with Gasteiger partial charge in [-0.2, -0.15) is 13.2 Å². The summed E-state index contributed by atoms with van der Waals surface area (Å²) >= 11 is 0. The number of carbonyl (C=O) groups excluding carboxylic acids is 2. The molecule has 0 bridgehead atoms. The van der Waals surface area contributed by atoms with Crippen LogP contribution in [-0.4, -0.2) is 18.5 Å². The molecular formula is C23H19F4N3O2. The van der Waals surface area contributed by atoms with Crippen molar-refractivity contribution in [2.24, 2.45) is 0 Å². The number of alkyl halides is 3. The van der Waals surface area contributed by atoms with Crippen LogP contribution < -0.4 is 16.0 Å². The van der Waals surface area contributed by atoms with Crippen LogP contribution in [0.1, 0.15) is 21.5 Å². The van der Waals surface area contributed by atoms with Gasteiger partial charge in [0, 0.05) is 17.8 Å². The van der Waals surface area contributed by atoms with Gasteiger partial charge >= 0.3 is 12.2 Å². The molecule has 32 heavy (non-hydrogen) atoms. The van der Waals surface area contributed by atoms with E-state index < -0.39 is 29.4 Å². The van der Waals surface area contributed by atoms with E-state index in [1.165, 1.54) is 30.3 Å². The number of hydrogen-bond donors (Lipinski definition) is 3. The van der Waals surface area contributed by atoms with Gasteiger partial charge in [0.05, 0.1) is 11.3 Å². The number of halogens is 4. The van der Waals surface area contributed by atoms with Crippen LogP contribution in [0, 0.1) is 5.82 Å². The van der Waals surface area contributed by atoms with Gasteiger partial charge in [0.1, 0.15) is 5.82 Å². The number of anilines is 2. The van der Waals surface area contributed by atoms with E-state index in [1.54, 1.807) is 30.3 Å². The molecule has 3 amide bonds. The first kappa shape index (κ1) is 22.8. The average molecular weight is 445 g/mol. The molecule has 9 heteroatoms. The summed E-state index contributed by atoms with van der Waals surface area (Å²) in [6, 6.07) is 16.0. The maximum atomic E-state index is 13.5. The Morgan fingerprint density at radius 3 is 2.19 bits per heavy atom. The molecule has 0 saturated heterocycles. The number of rotatable bonds is 6. The van der Waals surface area contributed by atoms with E-state index in [9.17, 15) is 27.2 Å². The molecule has 3 aromatic rings. The molecule has 0 aliphatic heterocycles. The molecule has 3 N–H and O–H groups in total. The fourth-order valence-corrected chi connectivity index (χ4v) is 2.90. The standard InChI is InChI=1S/C23H19F4N3O2/c24-17-8-6-15(7-9-17)12-13-28-22(32)30-20-11-10-18(14-19(20)23(25,26)27)29-21(31)16-4-2-1-3-5-16/h1-11,14H,12-13H2,(H,29,31)(H2,28,30,32). The minimum atomic E-state index is -4.76. The Kier molecular flexibility index (Phi) is 7.09. The van der Waals surface area contributed by atoms with Crippen LogP contribution in [0.25, 0.3) is 0 Å². The highest BCUT2D eigenvalue weighted by atomic mass is 19.4. The number of carbonyl (C=O) groups is 2. The van der Waals surface area contributed by atoms with E-state index in [0.29, 0.717) is 12.0 Å². The first-order valence-corrected chi connectivity index (χ1v) is 9.59. The predicted molar refractivity (Wildman–Crippen MR) is 113 cm³/mol. The molecular weight excluding hydrogens is 426 g/mol. The number of amides is 3. The first-order chi connectivity index (χ1) is 15.2. The molecule has 5 nitrogen and oxygen atoms in total. The Labute approximate surface area is 181 Å². The molecule has 0 aliphatic carbocycles. The van der Waals surface area contributed by atoms with E-state index in [2.05, 4.69) is 16.0 Å². The van der Waals surface area contributed by atoms with Gasteiger partial charge in [-0.15, -0.1) is 0 Å². The number of nitrogens with one attached hydrogen (secondary N) is 3. The third-order valence-electron chi connectivity index (χ3n) is 4.48. The lowest BCUT2D eigenvalue weighted by Crippen LogP contribution is -2.31. The van der Waals surface area contributed by atoms with E-state index in [-0.39, 0.29) is 18.0 Å². The zero-order valence-electron chi connectivity index (χ0n) is 16.7. The highest BCUT2D eigenvalue weighted by Gasteiger charge is 2.34. The smallest absolute Gasteiger partial charge is 0.338 e. The van der Waals surface area contributed by atoms with Crippen LogP contribution in [0.15, 0.2) is 72.8 Å². The molecule has 0 spiro atoms. The van der Waals surface area contributed by atoms with E-state index in [4.69, 9.17) is 0 Å². The Morgan fingerprint density at radius 1 is 0.844 bits per heavy atom. The molecule has 0 aliphatic rings. The third-order valence-corrected chi connectivity index (χ3v) is 4.48. The van der Waals surface area contributed by atoms with Crippen molar-refractivity contribution in [2.75, 3.05) is 17.2 Å². The van der Waals surface area contributed by atoms with Crippen LogP contribution in [0.4, 0.5) is 33.7 Å². The van der Waals surface area contributed by atoms with Crippen molar-refractivity contribution in [3.05, 3.63) is 95.3 Å². The quantitative estimate of drug-likeness (QED) is 0.441. The van der Waals surface area contributed by atoms with Crippen molar-refractivity contribution in [3.8, 4) is 0 Å². The molecule has 0 radical (unpaired) electrons. The fraction of sp³-hybridized carbons (Fsp3) is 0.130. The van der Waals surface area contributed by atoms with Crippen LogP contribution >= 0.6 is 0 Å². The van der Waals surface area contributed by atoms with Crippen molar-refractivity contribution in [3.63, 3.8) is 0 Å². The zero-order valence-corrected chi connectivity index (χ0v) is 16.7. The van der Waals surface area contributed by atoms with Gasteiger partial charge in [0.25, 0.3) is 5.91 Å². The highest BCUT2D eigenvalue weighted by molar-refractivity contribution is 6.04. The molecule has 166 valence electrons. The summed E-state index contributed by atoms with van der Waals surface area (Å²) in [5.74, 6) is -0.944. The van der Waals surface area contributed by atoms with Gasteiger partial charge in [-0.1, -0.05) is 30.3 Å². The highest BCUT2D eigenvalue weighted by Crippen LogP contribution is 2.36. The van der Waals surface area contributed by atoms with Crippen molar-refractivity contribution >= 4 is 23.3 Å². The minimum Gasteiger partial charge on any atom is -0.338 e. The zero-order chi connectivity index (χ0) is 23.1. The van der Waals surface area contributed by atoms with Crippen molar-refractivity contribution in [1.29, 1.82) is 0 Å². The van der Waals surface area contributed by atoms with Gasteiger partial charge in [-0.25, -0.2) is 9.18 Å². The topological polar surface area (TPSA) is 70.2 Å². The molecule has 0 aromatic heterocycles. The molecule has 0 saturated carbocycles. The normalized spacial score (nSPS) is 11.0. The maximum Gasteiger partial charge on any atom is 0.418 e. The second kappa shape index (κ2) is 9.95. The van der Waals surface area contributed by atoms with Crippen LogP contribution in [0.2, 0.25) is 0 Å². The second-order valence-electron chi connectivity index (χ2n) is 6.84. The molecule has 0 unspecified atom stereocenters. The molecule has 0 heterocycles. The van der Waals surface area contributed by atoms with E-state index >= 15 is 0 Å². The second-order valence-corrected chi connectivity index (χ2v) is 6.84. The lowest BCUT2D eigenvalue weighted by atomic mass is 10.1. The van der Waals surface area contributed by atoms with Crippen LogP contribution in [0.3, 0.4) is 0 Å². The third kappa shape index (κ3) is 6.31. The van der Waals surface area contributed by atoms with Crippen LogP contribution in [0.5, 0.6) is 0 Å². The summed E-state index contributed by atoms with van der Waals surface area (Å²) < 4.78 is 53.5. The summed E-state index contributed by atoms with van der Waals surface area (Å²) in [5.41, 5.74) is -0.551. The van der Waals surface area contributed by atoms with Gasteiger partial charge in [-0.05, 0) is 54.4 Å². The van der Waals surface area contributed by atoms with Gasteiger partial charge in [-0.3, -0.25) is 4.79 Å². The molecule has 0 fully saturated rings.